The molecule has 4 nitrogen and oxygen atoms in total. The van der Waals surface area contributed by atoms with Gasteiger partial charge in [-0.1, -0.05) is 12.2 Å². The van der Waals surface area contributed by atoms with Gasteiger partial charge in [-0.25, -0.2) is 9.97 Å². The van der Waals surface area contributed by atoms with Gasteiger partial charge in [0.15, 0.2) is 11.6 Å². The quantitative estimate of drug-likeness (QED) is 0.715. The summed E-state index contributed by atoms with van der Waals surface area (Å²) in [6.45, 7) is 8.91. The van der Waals surface area contributed by atoms with Crippen molar-refractivity contribution in [1.82, 2.24) is 19.1 Å². The van der Waals surface area contributed by atoms with Gasteiger partial charge < -0.3 is 9.13 Å². The SMILES string of the molecule is C=CCn1ccnc1-c1nccn1CC=C. The predicted octanol–water partition coefficient (Wildman–Crippen LogP) is 2.12. The molecular formula is C12H14N4. The summed E-state index contributed by atoms with van der Waals surface area (Å²) >= 11 is 0. The van der Waals surface area contributed by atoms with Gasteiger partial charge in [-0.3, -0.25) is 0 Å². The molecule has 0 amide bonds. The van der Waals surface area contributed by atoms with Crippen molar-refractivity contribution in [2.24, 2.45) is 0 Å². The lowest BCUT2D eigenvalue weighted by atomic mass is 10.5. The minimum absolute atomic E-state index is 0.732. The molecule has 0 saturated heterocycles. The van der Waals surface area contributed by atoms with Crippen molar-refractivity contribution in [2.75, 3.05) is 0 Å². The first-order valence-corrected chi connectivity index (χ1v) is 5.11. The van der Waals surface area contributed by atoms with E-state index in [1.165, 1.54) is 0 Å². The number of allylic oxidation sites excluding steroid dienone is 2. The van der Waals surface area contributed by atoms with Crippen LogP contribution in [0.25, 0.3) is 11.6 Å². The summed E-state index contributed by atoms with van der Waals surface area (Å²) < 4.78 is 4.02. The fourth-order valence-corrected chi connectivity index (χ4v) is 1.60. The van der Waals surface area contributed by atoms with E-state index >= 15 is 0 Å². The molecule has 0 aliphatic heterocycles. The van der Waals surface area contributed by atoms with Crippen LogP contribution in [0.5, 0.6) is 0 Å². The molecule has 0 atom stereocenters. The average Bonchev–Trinajstić information content (AvgIpc) is 2.87. The third-order valence-electron chi connectivity index (χ3n) is 2.28. The van der Waals surface area contributed by atoms with Gasteiger partial charge in [0.05, 0.1) is 0 Å². The maximum absolute atomic E-state index is 4.32. The zero-order valence-corrected chi connectivity index (χ0v) is 9.08. The minimum Gasteiger partial charge on any atom is -0.325 e. The third kappa shape index (κ3) is 1.82. The Morgan fingerprint density at radius 2 is 1.38 bits per heavy atom. The van der Waals surface area contributed by atoms with E-state index in [0.717, 1.165) is 24.7 Å². The van der Waals surface area contributed by atoms with Crippen molar-refractivity contribution >= 4 is 0 Å². The van der Waals surface area contributed by atoms with E-state index in [0.29, 0.717) is 0 Å². The van der Waals surface area contributed by atoms with Crippen LogP contribution in [0.15, 0.2) is 50.1 Å². The van der Waals surface area contributed by atoms with E-state index in [1.807, 2.05) is 33.7 Å². The summed E-state index contributed by atoms with van der Waals surface area (Å²) in [5, 5.41) is 0. The highest BCUT2D eigenvalue weighted by atomic mass is 15.1. The molecule has 0 bridgehead atoms. The van der Waals surface area contributed by atoms with Crippen LogP contribution in [-0.2, 0) is 13.1 Å². The fraction of sp³-hybridized carbons (Fsp3) is 0.167. The molecule has 0 aromatic carbocycles. The summed E-state index contributed by atoms with van der Waals surface area (Å²) in [6.07, 6.45) is 11.1. The Morgan fingerprint density at radius 1 is 0.938 bits per heavy atom. The normalized spacial score (nSPS) is 10.2. The molecule has 2 rings (SSSR count). The monoisotopic (exact) mass is 214 g/mol. The number of hydrogen-bond acceptors (Lipinski definition) is 2. The molecule has 0 spiro atoms. The number of rotatable bonds is 5. The summed E-state index contributed by atoms with van der Waals surface area (Å²) in [5.41, 5.74) is 0. The van der Waals surface area contributed by atoms with Crippen LogP contribution in [0.4, 0.5) is 0 Å². The standard InChI is InChI=1S/C12H14N4/c1-3-7-15-9-5-13-11(15)12-14-6-10-16(12)8-4-2/h3-6,9-10H,1-2,7-8H2. The second-order valence-corrected chi connectivity index (χ2v) is 3.38. The lowest BCUT2D eigenvalue weighted by Gasteiger charge is -2.06. The van der Waals surface area contributed by atoms with Crippen molar-refractivity contribution in [1.29, 1.82) is 0 Å². The van der Waals surface area contributed by atoms with Gasteiger partial charge in [-0.15, -0.1) is 13.2 Å². The first kappa shape index (κ1) is 10.4. The van der Waals surface area contributed by atoms with Crippen LogP contribution >= 0.6 is 0 Å². The lowest BCUT2D eigenvalue weighted by molar-refractivity contribution is 0.781. The van der Waals surface area contributed by atoms with Crippen molar-refractivity contribution in [3.05, 3.63) is 50.1 Å². The predicted molar refractivity (Wildman–Crippen MR) is 63.8 cm³/mol. The van der Waals surface area contributed by atoms with Crippen LogP contribution in [-0.4, -0.2) is 19.1 Å². The van der Waals surface area contributed by atoms with Gasteiger partial charge in [0.25, 0.3) is 0 Å². The molecule has 0 aliphatic carbocycles. The van der Waals surface area contributed by atoms with Crippen molar-refractivity contribution in [2.45, 2.75) is 13.1 Å². The molecular weight excluding hydrogens is 200 g/mol. The Kier molecular flexibility index (Phi) is 3.00. The third-order valence-corrected chi connectivity index (χ3v) is 2.28. The van der Waals surface area contributed by atoms with E-state index < -0.39 is 0 Å². The Balaban J connectivity index is 2.41. The Morgan fingerprint density at radius 3 is 1.75 bits per heavy atom. The molecule has 0 saturated carbocycles. The number of nitrogens with zero attached hydrogens (tertiary/aromatic N) is 4. The summed E-state index contributed by atoms with van der Waals surface area (Å²) in [7, 11) is 0. The maximum Gasteiger partial charge on any atom is 0.176 e. The zero-order valence-electron chi connectivity index (χ0n) is 9.08. The van der Waals surface area contributed by atoms with Gasteiger partial charge in [-0.2, -0.15) is 0 Å². The van der Waals surface area contributed by atoms with Crippen LogP contribution in [0.3, 0.4) is 0 Å². The number of imidazole rings is 2. The molecule has 0 aliphatic rings. The summed E-state index contributed by atoms with van der Waals surface area (Å²) in [4.78, 5) is 8.64. The van der Waals surface area contributed by atoms with Gasteiger partial charge in [0.1, 0.15) is 0 Å². The molecule has 0 radical (unpaired) electrons. The highest BCUT2D eigenvalue weighted by Gasteiger charge is 2.10. The van der Waals surface area contributed by atoms with E-state index in [9.17, 15) is 0 Å². The van der Waals surface area contributed by atoms with Crippen LogP contribution in [0.1, 0.15) is 0 Å². The molecule has 2 heterocycles. The van der Waals surface area contributed by atoms with Crippen LogP contribution in [0.2, 0.25) is 0 Å². The van der Waals surface area contributed by atoms with Crippen LogP contribution < -0.4 is 0 Å². The highest BCUT2D eigenvalue weighted by Crippen LogP contribution is 2.15. The van der Waals surface area contributed by atoms with Crippen molar-refractivity contribution in [3.63, 3.8) is 0 Å². The second kappa shape index (κ2) is 4.61. The Bertz CT molecular complexity index is 446. The van der Waals surface area contributed by atoms with Crippen molar-refractivity contribution in [3.8, 4) is 11.6 Å². The van der Waals surface area contributed by atoms with Crippen molar-refractivity contribution < 1.29 is 0 Å². The molecule has 82 valence electrons. The van der Waals surface area contributed by atoms with Gasteiger partial charge in [0, 0.05) is 37.9 Å². The van der Waals surface area contributed by atoms with Gasteiger partial charge in [-0.05, 0) is 0 Å². The molecule has 0 N–H and O–H groups in total. The van der Waals surface area contributed by atoms with E-state index in [4.69, 9.17) is 0 Å². The summed E-state index contributed by atoms with van der Waals surface area (Å²) in [6, 6.07) is 0. The second-order valence-electron chi connectivity index (χ2n) is 3.38. The Hall–Kier alpha value is -2.10. The lowest BCUT2D eigenvalue weighted by Crippen LogP contribution is -2.03. The fourth-order valence-electron chi connectivity index (χ4n) is 1.60. The number of hydrogen-bond donors (Lipinski definition) is 0. The average molecular weight is 214 g/mol. The molecule has 16 heavy (non-hydrogen) atoms. The first-order chi connectivity index (χ1) is 7.86. The van der Waals surface area contributed by atoms with E-state index in [2.05, 4.69) is 23.1 Å². The number of aromatic nitrogens is 4. The molecule has 0 fully saturated rings. The largest absolute Gasteiger partial charge is 0.325 e. The van der Waals surface area contributed by atoms with Crippen LogP contribution in [0, 0.1) is 0 Å². The molecule has 4 heteroatoms. The molecule has 2 aromatic heterocycles. The summed E-state index contributed by atoms with van der Waals surface area (Å²) in [5.74, 6) is 1.71. The van der Waals surface area contributed by atoms with E-state index in [1.54, 1.807) is 12.4 Å². The maximum atomic E-state index is 4.32. The topological polar surface area (TPSA) is 35.6 Å². The smallest absolute Gasteiger partial charge is 0.176 e. The van der Waals surface area contributed by atoms with Gasteiger partial charge >= 0.3 is 0 Å². The van der Waals surface area contributed by atoms with Gasteiger partial charge in [0.2, 0.25) is 0 Å². The van der Waals surface area contributed by atoms with E-state index in [-0.39, 0.29) is 0 Å². The highest BCUT2D eigenvalue weighted by molar-refractivity contribution is 5.45. The zero-order chi connectivity index (χ0) is 11.4. The molecule has 0 unspecified atom stereocenters. The Labute approximate surface area is 94.6 Å². The minimum atomic E-state index is 0.732. The first-order valence-electron chi connectivity index (χ1n) is 5.11. The molecule has 2 aromatic rings.